The molecule has 2 N–H and O–H groups in total. The first-order valence-electron chi connectivity index (χ1n) is 5.23. The minimum atomic E-state index is -0.884. The Labute approximate surface area is 116 Å². The lowest BCUT2D eigenvalue weighted by Gasteiger charge is -2.09. The Morgan fingerprint density at radius 1 is 1.16 bits per heavy atom. The zero-order valence-corrected chi connectivity index (χ0v) is 11.0. The third kappa shape index (κ3) is 2.90. The SMILES string of the molecule is O=C(Nc1c(F)cccc1Br)c1ccc(O)cc1F. The topological polar surface area (TPSA) is 49.3 Å². The van der Waals surface area contributed by atoms with Crippen LogP contribution in [0.5, 0.6) is 5.75 Å². The number of phenols is 1. The van der Waals surface area contributed by atoms with E-state index in [0.29, 0.717) is 4.47 Å². The summed E-state index contributed by atoms with van der Waals surface area (Å²) in [7, 11) is 0. The van der Waals surface area contributed by atoms with E-state index in [1.165, 1.54) is 18.2 Å². The number of amides is 1. The second kappa shape index (κ2) is 5.36. The van der Waals surface area contributed by atoms with Gasteiger partial charge in [0.25, 0.3) is 5.91 Å². The van der Waals surface area contributed by atoms with Crippen molar-refractivity contribution in [1.29, 1.82) is 0 Å². The molecular formula is C13H8BrF2NO2. The molecule has 0 atom stereocenters. The average Bonchev–Trinajstić information content (AvgIpc) is 2.33. The number of para-hydroxylation sites is 1. The van der Waals surface area contributed by atoms with Gasteiger partial charge in [-0.25, -0.2) is 8.78 Å². The zero-order valence-electron chi connectivity index (χ0n) is 9.45. The number of phenolic OH excluding ortho intramolecular Hbond substituents is 1. The molecule has 3 nitrogen and oxygen atoms in total. The summed E-state index contributed by atoms with van der Waals surface area (Å²) < 4.78 is 27.3. The lowest BCUT2D eigenvalue weighted by molar-refractivity contribution is 0.102. The standard InChI is InChI=1S/C13H8BrF2NO2/c14-9-2-1-3-10(15)12(9)17-13(19)8-5-4-7(18)6-11(8)16/h1-6,18H,(H,17,19). The van der Waals surface area contributed by atoms with Crippen LogP contribution in [0.4, 0.5) is 14.5 Å². The molecule has 0 aromatic heterocycles. The molecule has 1 amide bonds. The molecule has 0 heterocycles. The summed E-state index contributed by atoms with van der Waals surface area (Å²) in [5.74, 6) is -2.61. The van der Waals surface area contributed by atoms with Gasteiger partial charge >= 0.3 is 0 Å². The lowest BCUT2D eigenvalue weighted by Crippen LogP contribution is -2.15. The monoisotopic (exact) mass is 327 g/mol. The van der Waals surface area contributed by atoms with Gasteiger partial charge in [-0.2, -0.15) is 0 Å². The number of benzene rings is 2. The maximum Gasteiger partial charge on any atom is 0.258 e. The first kappa shape index (κ1) is 13.5. The predicted octanol–water partition coefficient (Wildman–Crippen LogP) is 3.69. The van der Waals surface area contributed by atoms with Gasteiger partial charge in [0.1, 0.15) is 17.4 Å². The van der Waals surface area contributed by atoms with Crippen LogP contribution in [-0.2, 0) is 0 Å². The minimum Gasteiger partial charge on any atom is -0.508 e. The summed E-state index contributed by atoms with van der Waals surface area (Å²) in [5, 5.41) is 11.3. The highest BCUT2D eigenvalue weighted by molar-refractivity contribution is 9.10. The Balaban J connectivity index is 2.31. The molecule has 0 spiro atoms. The van der Waals surface area contributed by atoms with Crippen LogP contribution in [0.15, 0.2) is 40.9 Å². The fourth-order valence-electron chi connectivity index (χ4n) is 1.49. The van der Waals surface area contributed by atoms with E-state index in [9.17, 15) is 13.6 Å². The smallest absolute Gasteiger partial charge is 0.258 e. The number of carbonyl (C=O) groups excluding carboxylic acids is 1. The normalized spacial score (nSPS) is 10.3. The predicted molar refractivity (Wildman–Crippen MR) is 70.1 cm³/mol. The van der Waals surface area contributed by atoms with E-state index in [1.54, 1.807) is 6.07 Å². The average molecular weight is 328 g/mol. The molecule has 2 aromatic rings. The molecular weight excluding hydrogens is 320 g/mol. The van der Waals surface area contributed by atoms with Gasteiger partial charge in [-0.1, -0.05) is 6.07 Å². The molecule has 0 bridgehead atoms. The van der Waals surface area contributed by atoms with Gasteiger partial charge in [-0.15, -0.1) is 0 Å². The third-order valence-corrected chi connectivity index (χ3v) is 3.06. The first-order chi connectivity index (χ1) is 8.99. The van der Waals surface area contributed by atoms with Crippen molar-refractivity contribution in [2.75, 3.05) is 5.32 Å². The number of rotatable bonds is 2. The Hall–Kier alpha value is -1.95. The van der Waals surface area contributed by atoms with E-state index < -0.39 is 17.5 Å². The Kier molecular flexibility index (Phi) is 3.80. The van der Waals surface area contributed by atoms with Gasteiger partial charge in [0.2, 0.25) is 0 Å². The summed E-state index contributed by atoms with van der Waals surface area (Å²) in [4.78, 5) is 11.8. The molecule has 19 heavy (non-hydrogen) atoms. The number of carbonyl (C=O) groups is 1. The van der Waals surface area contributed by atoms with Crippen molar-refractivity contribution < 1.29 is 18.7 Å². The number of halogens is 3. The summed E-state index contributed by atoms with van der Waals surface area (Å²) in [6.07, 6.45) is 0. The van der Waals surface area contributed by atoms with Gasteiger partial charge in [0.05, 0.1) is 11.3 Å². The second-order valence-electron chi connectivity index (χ2n) is 3.71. The third-order valence-electron chi connectivity index (χ3n) is 2.40. The molecule has 0 aliphatic rings. The first-order valence-corrected chi connectivity index (χ1v) is 6.02. The molecule has 6 heteroatoms. The molecule has 0 fully saturated rings. The van der Waals surface area contributed by atoms with Crippen molar-refractivity contribution in [2.24, 2.45) is 0 Å². The molecule has 0 saturated heterocycles. The Morgan fingerprint density at radius 2 is 1.89 bits per heavy atom. The van der Waals surface area contributed by atoms with Crippen LogP contribution in [0.1, 0.15) is 10.4 Å². The summed E-state index contributed by atoms with van der Waals surface area (Å²) >= 11 is 3.09. The quantitative estimate of drug-likeness (QED) is 0.883. The number of hydrogen-bond acceptors (Lipinski definition) is 2. The van der Waals surface area contributed by atoms with Crippen LogP contribution < -0.4 is 5.32 Å². The van der Waals surface area contributed by atoms with Crippen molar-refractivity contribution in [3.63, 3.8) is 0 Å². The summed E-state index contributed by atoms with van der Waals surface area (Å²) in [6.45, 7) is 0. The number of aromatic hydroxyl groups is 1. The molecule has 0 unspecified atom stereocenters. The lowest BCUT2D eigenvalue weighted by atomic mass is 10.2. The van der Waals surface area contributed by atoms with Crippen LogP contribution in [0.25, 0.3) is 0 Å². The number of hydrogen-bond donors (Lipinski definition) is 2. The van der Waals surface area contributed by atoms with Crippen molar-refractivity contribution in [2.45, 2.75) is 0 Å². The van der Waals surface area contributed by atoms with Crippen LogP contribution in [-0.4, -0.2) is 11.0 Å². The number of nitrogens with one attached hydrogen (secondary N) is 1. The van der Waals surface area contributed by atoms with E-state index in [4.69, 9.17) is 5.11 Å². The van der Waals surface area contributed by atoms with Crippen molar-refractivity contribution >= 4 is 27.5 Å². The molecule has 2 rings (SSSR count). The van der Waals surface area contributed by atoms with Gasteiger partial charge in [-0.05, 0) is 40.2 Å². The molecule has 0 aliphatic heterocycles. The van der Waals surface area contributed by atoms with E-state index in [1.807, 2.05) is 0 Å². The number of anilines is 1. The fourth-order valence-corrected chi connectivity index (χ4v) is 1.93. The maximum absolute atomic E-state index is 13.5. The molecule has 98 valence electrons. The maximum atomic E-state index is 13.5. The van der Waals surface area contributed by atoms with Crippen molar-refractivity contribution in [1.82, 2.24) is 0 Å². The molecule has 0 aliphatic carbocycles. The van der Waals surface area contributed by atoms with Crippen molar-refractivity contribution in [3.8, 4) is 5.75 Å². The molecule has 0 radical (unpaired) electrons. The largest absolute Gasteiger partial charge is 0.508 e. The van der Waals surface area contributed by atoms with Crippen LogP contribution in [0.3, 0.4) is 0 Å². The van der Waals surface area contributed by atoms with Gasteiger partial charge in [0.15, 0.2) is 0 Å². The molecule has 2 aromatic carbocycles. The highest BCUT2D eigenvalue weighted by atomic mass is 79.9. The fraction of sp³-hybridized carbons (Fsp3) is 0. The van der Waals surface area contributed by atoms with E-state index in [2.05, 4.69) is 21.2 Å². The van der Waals surface area contributed by atoms with Crippen LogP contribution >= 0.6 is 15.9 Å². The van der Waals surface area contributed by atoms with Gasteiger partial charge < -0.3 is 10.4 Å². The van der Waals surface area contributed by atoms with Crippen molar-refractivity contribution in [3.05, 3.63) is 58.1 Å². The van der Waals surface area contributed by atoms with Gasteiger partial charge in [0, 0.05) is 10.5 Å². The molecule has 0 saturated carbocycles. The highest BCUT2D eigenvalue weighted by Gasteiger charge is 2.15. The van der Waals surface area contributed by atoms with Crippen LogP contribution in [0, 0.1) is 11.6 Å². The van der Waals surface area contributed by atoms with E-state index >= 15 is 0 Å². The summed E-state index contributed by atoms with van der Waals surface area (Å²) in [6, 6.07) is 7.30. The van der Waals surface area contributed by atoms with Crippen LogP contribution in [0.2, 0.25) is 0 Å². The Morgan fingerprint density at radius 3 is 2.53 bits per heavy atom. The minimum absolute atomic E-state index is 0.0695. The van der Waals surface area contributed by atoms with Gasteiger partial charge in [-0.3, -0.25) is 4.79 Å². The summed E-state index contributed by atoms with van der Waals surface area (Å²) in [5.41, 5.74) is -0.354. The zero-order chi connectivity index (χ0) is 14.0. The van der Waals surface area contributed by atoms with E-state index in [-0.39, 0.29) is 17.0 Å². The van der Waals surface area contributed by atoms with E-state index in [0.717, 1.165) is 12.1 Å². The highest BCUT2D eigenvalue weighted by Crippen LogP contribution is 2.26. The second-order valence-corrected chi connectivity index (χ2v) is 4.57. The Bertz CT molecular complexity index is 626.